The first-order valence-corrected chi connectivity index (χ1v) is 5.13. The van der Waals surface area contributed by atoms with E-state index in [-0.39, 0.29) is 9.49 Å². The fourth-order valence-electron chi connectivity index (χ4n) is 1.38. The minimum atomic E-state index is 0.0772. The number of hydrogen-bond acceptors (Lipinski definition) is 3. The van der Waals surface area contributed by atoms with Crippen LogP contribution in [0.5, 0.6) is 0 Å². The van der Waals surface area contributed by atoms with Gasteiger partial charge in [0.05, 0.1) is 0 Å². The highest BCUT2D eigenvalue weighted by Crippen LogP contribution is 2.17. The van der Waals surface area contributed by atoms with E-state index in [1.807, 2.05) is 0 Å². The molecule has 0 aliphatic rings. The highest BCUT2D eigenvalue weighted by atomic mass is 32.1. The van der Waals surface area contributed by atoms with Crippen molar-refractivity contribution in [3.8, 4) is 0 Å². The molecule has 74 valence electrons. The van der Waals surface area contributed by atoms with Crippen LogP contribution in [-0.2, 0) is 0 Å². The van der Waals surface area contributed by atoms with Gasteiger partial charge in [-0.2, -0.15) is 25.3 Å². The smallest absolute Gasteiger partial charge is 0.0200 e. The van der Waals surface area contributed by atoms with Gasteiger partial charge in [-0.05, 0) is 34.7 Å². The van der Waals surface area contributed by atoms with E-state index in [9.17, 15) is 0 Å². The highest BCUT2D eigenvalue weighted by molar-refractivity contribution is 7.82. The van der Waals surface area contributed by atoms with Crippen LogP contribution in [-0.4, -0.2) is 34.5 Å². The monoisotopic (exact) mass is 207 g/mol. The van der Waals surface area contributed by atoms with Crippen molar-refractivity contribution < 1.29 is 0 Å². The summed E-state index contributed by atoms with van der Waals surface area (Å²) < 4.78 is 0.154. The number of nitrogens with zero attached hydrogens (tertiary/aromatic N) is 1. The average Bonchev–Trinajstić information content (AvgIpc) is 1.49. The van der Waals surface area contributed by atoms with Crippen LogP contribution in [0.15, 0.2) is 0 Å². The normalized spacial score (nSPS) is 14.0. The van der Waals surface area contributed by atoms with E-state index in [0.717, 1.165) is 13.1 Å². The molecule has 0 radical (unpaired) electrons. The third kappa shape index (κ3) is 8.75. The van der Waals surface area contributed by atoms with E-state index in [2.05, 4.69) is 64.9 Å². The fourth-order valence-corrected chi connectivity index (χ4v) is 1.86. The Labute approximate surface area is 87.7 Å². The SMILES string of the molecule is CN(CC(C)(C)S)CC(C)(C)S. The van der Waals surface area contributed by atoms with Crippen molar-refractivity contribution in [3.05, 3.63) is 0 Å². The van der Waals surface area contributed by atoms with Gasteiger partial charge in [-0.25, -0.2) is 0 Å². The molecular weight excluding hydrogens is 186 g/mol. The van der Waals surface area contributed by atoms with E-state index in [4.69, 9.17) is 0 Å². The molecule has 0 aliphatic carbocycles. The van der Waals surface area contributed by atoms with Gasteiger partial charge in [0.15, 0.2) is 0 Å². The molecule has 3 heteroatoms. The maximum atomic E-state index is 4.48. The molecule has 0 spiro atoms. The predicted molar refractivity (Wildman–Crippen MR) is 63.6 cm³/mol. The second-order valence-corrected chi connectivity index (χ2v) is 7.22. The molecule has 0 saturated heterocycles. The first-order chi connectivity index (χ1) is 5.10. The molecule has 0 saturated carbocycles. The lowest BCUT2D eigenvalue weighted by molar-refractivity contribution is 0.291. The van der Waals surface area contributed by atoms with Gasteiger partial charge in [0.25, 0.3) is 0 Å². The summed E-state index contributed by atoms with van der Waals surface area (Å²) in [7, 11) is 2.11. The summed E-state index contributed by atoms with van der Waals surface area (Å²) in [4.78, 5) is 2.26. The Kier molecular flexibility index (Phi) is 4.48. The van der Waals surface area contributed by atoms with E-state index < -0.39 is 0 Å². The van der Waals surface area contributed by atoms with Crippen LogP contribution in [0, 0.1) is 0 Å². The summed E-state index contributed by atoms with van der Waals surface area (Å²) in [5.41, 5.74) is 0. The van der Waals surface area contributed by atoms with Crippen LogP contribution in [0.2, 0.25) is 0 Å². The van der Waals surface area contributed by atoms with Crippen molar-refractivity contribution in [1.29, 1.82) is 0 Å². The van der Waals surface area contributed by atoms with Crippen LogP contribution in [0.4, 0.5) is 0 Å². The minimum Gasteiger partial charge on any atom is -0.304 e. The van der Waals surface area contributed by atoms with Crippen LogP contribution in [0.3, 0.4) is 0 Å². The van der Waals surface area contributed by atoms with Gasteiger partial charge >= 0.3 is 0 Å². The van der Waals surface area contributed by atoms with Crippen LogP contribution in [0.25, 0.3) is 0 Å². The topological polar surface area (TPSA) is 3.24 Å². The largest absolute Gasteiger partial charge is 0.304 e. The van der Waals surface area contributed by atoms with Gasteiger partial charge in [0, 0.05) is 22.6 Å². The van der Waals surface area contributed by atoms with E-state index in [0.29, 0.717) is 0 Å². The molecular formula is C9H21NS2. The zero-order valence-corrected chi connectivity index (χ0v) is 10.5. The van der Waals surface area contributed by atoms with Gasteiger partial charge in [0.2, 0.25) is 0 Å². The van der Waals surface area contributed by atoms with Gasteiger partial charge < -0.3 is 4.90 Å². The average molecular weight is 207 g/mol. The zero-order valence-electron chi connectivity index (χ0n) is 8.76. The molecule has 0 N–H and O–H groups in total. The first-order valence-electron chi connectivity index (χ1n) is 4.23. The Morgan fingerprint density at radius 1 is 0.917 bits per heavy atom. The Morgan fingerprint density at radius 2 is 1.17 bits per heavy atom. The van der Waals surface area contributed by atoms with E-state index in [1.165, 1.54) is 0 Å². The standard InChI is InChI=1S/C9H21NS2/c1-8(2,11)6-10(5)7-9(3,4)12/h11-12H,6-7H2,1-5H3. The molecule has 0 unspecified atom stereocenters. The summed E-state index contributed by atoms with van der Waals surface area (Å²) in [5, 5.41) is 0. The quantitative estimate of drug-likeness (QED) is 0.669. The summed E-state index contributed by atoms with van der Waals surface area (Å²) in [6.07, 6.45) is 0. The van der Waals surface area contributed by atoms with Gasteiger partial charge in [-0.15, -0.1) is 0 Å². The molecule has 0 amide bonds. The Morgan fingerprint density at radius 3 is 1.33 bits per heavy atom. The minimum absolute atomic E-state index is 0.0772. The first kappa shape index (κ1) is 12.7. The lowest BCUT2D eigenvalue weighted by Gasteiger charge is -2.30. The van der Waals surface area contributed by atoms with Crippen molar-refractivity contribution in [2.24, 2.45) is 0 Å². The molecule has 0 heterocycles. The van der Waals surface area contributed by atoms with Gasteiger partial charge in [0.1, 0.15) is 0 Å². The molecule has 0 bridgehead atoms. The lowest BCUT2D eigenvalue weighted by atomic mass is 10.1. The maximum absolute atomic E-state index is 4.48. The molecule has 0 atom stereocenters. The van der Waals surface area contributed by atoms with Crippen molar-refractivity contribution in [3.63, 3.8) is 0 Å². The summed E-state index contributed by atoms with van der Waals surface area (Å²) in [6, 6.07) is 0. The van der Waals surface area contributed by atoms with Crippen LogP contribution >= 0.6 is 25.3 Å². The van der Waals surface area contributed by atoms with Gasteiger partial charge in [-0.3, -0.25) is 0 Å². The number of rotatable bonds is 4. The number of thiol groups is 2. The molecule has 12 heavy (non-hydrogen) atoms. The van der Waals surface area contributed by atoms with Crippen molar-refractivity contribution >= 4 is 25.3 Å². The molecule has 0 aromatic heterocycles. The van der Waals surface area contributed by atoms with Crippen molar-refractivity contribution in [1.82, 2.24) is 4.90 Å². The number of hydrogen-bond donors (Lipinski definition) is 2. The second kappa shape index (κ2) is 4.25. The summed E-state index contributed by atoms with van der Waals surface area (Å²) in [5.74, 6) is 0. The third-order valence-corrected chi connectivity index (χ3v) is 1.60. The molecule has 0 aliphatic heterocycles. The predicted octanol–water partition coefficient (Wildman–Crippen LogP) is 2.34. The van der Waals surface area contributed by atoms with Crippen molar-refractivity contribution in [2.75, 3.05) is 20.1 Å². The maximum Gasteiger partial charge on any atom is 0.0200 e. The Balaban J connectivity index is 3.83. The Hall–Kier alpha value is 0.660. The second-order valence-electron chi connectivity index (χ2n) is 4.80. The molecule has 1 nitrogen and oxygen atoms in total. The zero-order chi connectivity index (χ0) is 9.99. The molecule has 0 rings (SSSR count). The molecule has 0 aromatic rings. The molecule has 0 fully saturated rings. The molecule has 0 aromatic carbocycles. The fraction of sp³-hybridized carbons (Fsp3) is 1.00. The van der Waals surface area contributed by atoms with Crippen LogP contribution in [0.1, 0.15) is 27.7 Å². The van der Waals surface area contributed by atoms with Crippen molar-refractivity contribution in [2.45, 2.75) is 37.2 Å². The third-order valence-electron chi connectivity index (χ3n) is 1.31. The summed E-state index contributed by atoms with van der Waals surface area (Å²) >= 11 is 8.95. The van der Waals surface area contributed by atoms with Crippen LogP contribution < -0.4 is 0 Å². The van der Waals surface area contributed by atoms with E-state index in [1.54, 1.807) is 0 Å². The van der Waals surface area contributed by atoms with E-state index >= 15 is 0 Å². The lowest BCUT2D eigenvalue weighted by Crippen LogP contribution is -2.39. The highest BCUT2D eigenvalue weighted by Gasteiger charge is 2.19. The Bertz CT molecular complexity index is 116. The summed E-state index contributed by atoms with van der Waals surface area (Å²) in [6.45, 7) is 10.5. The van der Waals surface area contributed by atoms with Gasteiger partial charge in [-0.1, -0.05) is 0 Å².